The number of ether oxygens (including phenoxy) is 2. The molecule has 3 fully saturated rings. The molecule has 4 aromatic carbocycles. The maximum absolute atomic E-state index is 5.54. The Morgan fingerprint density at radius 3 is 1.24 bits per heavy atom. The fourth-order valence-corrected chi connectivity index (χ4v) is 28.3. The summed E-state index contributed by atoms with van der Waals surface area (Å²) in [6.07, 6.45) is 19.4. The van der Waals surface area contributed by atoms with Gasteiger partial charge in [-0.15, -0.1) is 0 Å². The third-order valence-corrected chi connectivity index (χ3v) is 26.0. The van der Waals surface area contributed by atoms with Crippen LogP contribution in [0.25, 0.3) is 34.4 Å². The molecule has 2 atom stereocenters. The maximum atomic E-state index is 5.54. The summed E-state index contributed by atoms with van der Waals surface area (Å²) in [5.41, 5.74) is 15.6. The van der Waals surface area contributed by atoms with Crippen molar-refractivity contribution in [3.8, 4) is 33.8 Å². The normalized spacial score (nSPS) is 21.5. The summed E-state index contributed by atoms with van der Waals surface area (Å²) in [6, 6.07) is 32.2. The zero-order chi connectivity index (χ0) is 33.0. The average molecular weight is 797 g/mol. The summed E-state index contributed by atoms with van der Waals surface area (Å²) in [4.78, 5) is 0. The SMILES string of the molecule is COc1ccc(-c2cccc3c2C=C(C2CCCCC2)[CH]3[Zr+2]2([CH]3C(C4CCCCC4)=Cc4c(-c5ccc(OC)cc5)cccc43)[CH2][CH2]2)cc1.[Cl-].[Cl-]. The second-order valence-corrected chi connectivity index (χ2v) is 27.0. The number of benzene rings is 4. The number of fused-ring (bicyclic) bond motifs is 2. The van der Waals surface area contributed by atoms with Crippen molar-refractivity contribution in [1.82, 2.24) is 0 Å². The van der Waals surface area contributed by atoms with E-state index in [2.05, 4.69) is 97.1 Å². The maximum Gasteiger partial charge on any atom is -1.00 e. The zero-order valence-corrected chi connectivity index (χ0v) is 34.1. The van der Waals surface area contributed by atoms with Crippen molar-refractivity contribution in [3.05, 3.63) is 118 Å². The van der Waals surface area contributed by atoms with E-state index < -0.39 is 20.3 Å². The van der Waals surface area contributed by atoms with Crippen molar-refractivity contribution in [3.63, 3.8) is 0 Å². The van der Waals surface area contributed by atoms with Gasteiger partial charge in [-0.2, -0.15) is 0 Å². The Morgan fingerprint density at radius 2 is 0.882 bits per heavy atom. The fourth-order valence-electron chi connectivity index (χ4n) is 10.6. The van der Waals surface area contributed by atoms with Gasteiger partial charge in [-0.05, 0) is 0 Å². The Hall–Kier alpha value is -2.58. The van der Waals surface area contributed by atoms with Crippen LogP contribution in [0.1, 0.15) is 93.7 Å². The molecule has 0 bridgehead atoms. The van der Waals surface area contributed by atoms with E-state index in [0.29, 0.717) is 7.25 Å². The second kappa shape index (κ2) is 15.4. The minimum absolute atomic E-state index is 0. The third kappa shape index (κ3) is 6.53. The largest absolute Gasteiger partial charge is 1.00 e. The van der Waals surface area contributed by atoms with Crippen LogP contribution in [0.4, 0.5) is 0 Å². The number of hydrogen-bond donors (Lipinski definition) is 0. The summed E-state index contributed by atoms with van der Waals surface area (Å²) < 4.78 is 15.5. The fraction of sp³-hybridized carbons (Fsp3) is 0.391. The predicted molar refractivity (Wildman–Crippen MR) is 201 cm³/mol. The van der Waals surface area contributed by atoms with Crippen LogP contribution in [0, 0.1) is 11.8 Å². The molecule has 2 unspecified atom stereocenters. The number of halogens is 2. The molecular weight excluding hydrogens is 747 g/mol. The van der Waals surface area contributed by atoms with E-state index in [9.17, 15) is 0 Å². The van der Waals surface area contributed by atoms with E-state index in [1.807, 2.05) is 11.1 Å². The molecule has 264 valence electrons. The first-order valence-electron chi connectivity index (χ1n) is 19.2. The van der Waals surface area contributed by atoms with Gasteiger partial charge in [-0.1, -0.05) is 0 Å². The molecule has 1 saturated heterocycles. The van der Waals surface area contributed by atoms with Crippen molar-refractivity contribution >= 4 is 12.2 Å². The van der Waals surface area contributed by atoms with E-state index in [4.69, 9.17) is 9.47 Å². The van der Waals surface area contributed by atoms with Gasteiger partial charge in [0.2, 0.25) is 0 Å². The molecule has 0 amide bonds. The summed E-state index contributed by atoms with van der Waals surface area (Å²) in [6.45, 7) is 0. The summed E-state index contributed by atoms with van der Waals surface area (Å²) in [5, 5.41) is 0. The molecule has 1 aliphatic heterocycles. The van der Waals surface area contributed by atoms with Crippen molar-refractivity contribution in [2.75, 3.05) is 14.2 Å². The smallest absolute Gasteiger partial charge is 1.00 e. The minimum atomic E-state index is -2.90. The van der Waals surface area contributed by atoms with Gasteiger partial charge >= 0.3 is 300 Å². The second-order valence-electron chi connectivity index (χ2n) is 15.6. The van der Waals surface area contributed by atoms with E-state index in [0.717, 1.165) is 23.3 Å². The topological polar surface area (TPSA) is 18.5 Å². The van der Waals surface area contributed by atoms with Crippen molar-refractivity contribution in [1.29, 1.82) is 0 Å². The summed E-state index contributed by atoms with van der Waals surface area (Å²) in [5.74, 6) is 3.35. The van der Waals surface area contributed by atoms with Crippen molar-refractivity contribution in [2.24, 2.45) is 11.8 Å². The van der Waals surface area contributed by atoms with E-state index in [-0.39, 0.29) is 24.8 Å². The van der Waals surface area contributed by atoms with Gasteiger partial charge in [0.05, 0.1) is 0 Å². The molecule has 0 aromatic heterocycles. The number of methoxy groups -OCH3 is 2. The van der Waals surface area contributed by atoms with Gasteiger partial charge in [0.1, 0.15) is 0 Å². The molecule has 51 heavy (non-hydrogen) atoms. The summed E-state index contributed by atoms with van der Waals surface area (Å²) in [7, 11) is 3.52. The third-order valence-electron chi connectivity index (χ3n) is 13.1. The van der Waals surface area contributed by atoms with Crippen LogP contribution in [0.3, 0.4) is 0 Å². The van der Waals surface area contributed by atoms with Gasteiger partial charge < -0.3 is 24.8 Å². The Morgan fingerprint density at radius 1 is 0.490 bits per heavy atom. The first-order chi connectivity index (χ1) is 24.2. The van der Waals surface area contributed by atoms with Crippen molar-refractivity contribution < 1.29 is 54.6 Å². The molecule has 4 aliphatic carbocycles. The monoisotopic (exact) mass is 794 g/mol. The van der Waals surface area contributed by atoms with Gasteiger partial charge in [0.25, 0.3) is 0 Å². The first-order valence-corrected chi connectivity index (χ1v) is 25.5. The number of hydrogen-bond acceptors (Lipinski definition) is 2. The quantitative estimate of drug-likeness (QED) is 0.196. The molecule has 2 saturated carbocycles. The average Bonchev–Trinajstić information content (AvgIpc) is 3.69. The predicted octanol–water partition coefficient (Wildman–Crippen LogP) is 6.79. The van der Waals surface area contributed by atoms with Crippen LogP contribution < -0.4 is 34.3 Å². The molecular formula is C46H50Cl2O2Zr. The zero-order valence-electron chi connectivity index (χ0n) is 30.1. The Bertz CT molecular complexity index is 1780. The Labute approximate surface area is 322 Å². The molecule has 4 aromatic rings. The molecule has 5 heteroatoms. The number of rotatable bonds is 8. The van der Waals surface area contributed by atoms with Crippen LogP contribution in [-0.4, -0.2) is 14.2 Å². The number of allylic oxidation sites excluding steroid dienone is 2. The molecule has 0 radical (unpaired) electrons. The Kier molecular flexibility index (Phi) is 11.1. The minimum Gasteiger partial charge on any atom is -1.00 e. The molecule has 0 spiro atoms. The van der Waals surface area contributed by atoms with Gasteiger partial charge in [0.15, 0.2) is 0 Å². The standard InChI is InChI=1S/2C22H23O.C2H4.2ClH.Zr/c2*1-23-20-12-10-17(11-13-20)21-9-5-8-18-14-19(15-22(18)21)16-6-3-2-4-7-16;1-2;;;/h2*5,8-16H,2-4,6-7H2,1H3;1-2H2;2*1H;/q;;;;;+2/p-2. The van der Waals surface area contributed by atoms with Gasteiger partial charge in [-0.25, -0.2) is 0 Å². The van der Waals surface area contributed by atoms with E-state index >= 15 is 0 Å². The summed E-state index contributed by atoms with van der Waals surface area (Å²) >= 11 is -2.90. The molecule has 9 rings (SSSR count). The van der Waals surface area contributed by atoms with Crippen LogP contribution in [-0.2, 0) is 20.3 Å². The molecule has 2 nitrogen and oxygen atoms in total. The van der Waals surface area contributed by atoms with Gasteiger partial charge in [0, 0.05) is 0 Å². The van der Waals surface area contributed by atoms with E-state index in [1.54, 1.807) is 25.3 Å². The van der Waals surface area contributed by atoms with Crippen LogP contribution in [0.15, 0.2) is 96.1 Å². The molecule has 1 heterocycles. The van der Waals surface area contributed by atoms with Crippen LogP contribution in [0.2, 0.25) is 8.26 Å². The van der Waals surface area contributed by atoms with Gasteiger partial charge in [-0.3, -0.25) is 0 Å². The molecule has 5 aliphatic rings. The molecule has 0 N–H and O–H groups in total. The first kappa shape index (κ1) is 36.8. The van der Waals surface area contributed by atoms with Crippen LogP contribution >= 0.6 is 0 Å². The Balaban J connectivity index is 0.00000203. The van der Waals surface area contributed by atoms with E-state index in [1.165, 1.54) is 106 Å². The van der Waals surface area contributed by atoms with Crippen molar-refractivity contribution in [2.45, 2.75) is 79.7 Å². The van der Waals surface area contributed by atoms with Crippen LogP contribution in [0.5, 0.6) is 11.5 Å².